The van der Waals surface area contributed by atoms with Gasteiger partial charge in [-0.2, -0.15) is 0 Å². The Bertz CT molecular complexity index is 514. The van der Waals surface area contributed by atoms with E-state index < -0.39 is 0 Å². The lowest BCUT2D eigenvalue weighted by Gasteiger charge is -2.38. The van der Waals surface area contributed by atoms with Gasteiger partial charge in [0.1, 0.15) is 0 Å². The molecule has 1 unspecified atom stereocenters. The van der Waals surface area contributed by atoms with Crippen molar-refractivity contribution in [3.8, 4) is 11.8 Å². The molecule has 0 aliphatic carbocycles. The van der Waals surface area contributed by atoms with Crippen LogP contribution >= 0.6 is 11.3 Å². The first kappa shape index (κ1) is 14.1. The van der Waals surface area contributed by atoms with E-state index in [4.69, 9.17) is 5.73 Å². The zero-order valence-corrected chi connectivity index (χ0v) is 12.2. The third-order valence-corrected chi connectivity index (χ3v) is 4.10. The van der Waals surface area contributed by atoms with E-state index in [-0.39, 0.29) is 11.9 Å². The number of piperazine rings is 1. The summed E-state index contributed by atoms with van der Waals surface area (Å²) in [6.45, 7) is 5.08. The van der Waals surface area contributed by atoms with Crippen LogP contribution in [0.5, 0.6) is 0 Å². The van der Waals surface area contributed by atoms with Gasteiger partial charge >= 0.3 is 0 Å². The van der Waals surface area contributed by atoms with Crippen LogP contribution in [0.15, 0.2) is 11.4 Å². The van der Waals surface area contributed by atoms with Crippen molar-refractivity contribution in [1.29, 1.82) is 0 Å². The van der Waals surface area contributed by atoms with Crippen LogP contribution in [0.3, 0.4) is 0 Å². The molecule has 1 saturated heterocycles. The number of nitrogens with two attached hydrogens (primary N) is 1. The predicted octanol–water partition coefficient (Wildman–Crippen LogP) is 0.834. The van der Waals surface area contributed by atoms with Gasteiger partial charge in [-0.05, 0) is 20.0 Å². The zero-order chi connectivity index (χ0) is 13.8. The normalized spacial score (nSPS) is 19.9. The van der Waals surface area contributed by atoms with Gasteiger partial charge < -0.3 is 15.5 Å². The van der Waals surface area contributed by atoms with E-state index in [0.717, 1.165) is 30.1 Å². The lowest BCUT2D eigenvalue weighted by Crippen LogP contribution is -2.52. The molecule has 19 heavy (non-hydrogen) atoms. The molecule has 102 valence electrons. The van der Waals surface area contributed by atoms with Gasteiger partial charge in [-0.15, -0.1) is 11.3 Å². The van der Waals surface area contributed by atoms with Crippen molar-refractivity contribution in [2.24, 2.45) is 5.73 Å². The Kier molecular flexibility index (Phi) is 4.59. The van der Waals surface area contributed by atoms with Crippen LogP contribution in [0.25, 0.3) is 0 Å². The third kappa shape index (κ3) is 3.35. The van der Waals surface area contributed by atoms with Crippen LogP contribution in [0.2, 0.25) is 0 Å². The molecule has 1 aromatic heterocycles. The van der Waals surface area contributed by atoms with Gasteiger partial charge in [0.15, 0.2) is 0 Å². The Labute approximate surface area is 118 Å². The minimum atomic E-state index is 0.109. The molecule has 0 spiro atoms. The van der Waals surface area contributed by atoms with E-state index in [0.29, 0.717) is 6.54 Å². The summed E-state index contributed by atoms with van der Waals surface area (Å²) in [4.78, 5) is 17.5. The molecule has 1 fully saturated rings. The van der Waals surface area contributed by atoms with E-state index in [9.17, 15) is 4.79 Å². The Hall–Kier alpha value is -1.35. The molecule has 0 radical (unpaired) electrons. The molecule has 1 aliphatic heterocycles. The summed E-state index contributed by atoms with van der Waals surface area (Å²) in [5.74, 6) is 5.88. The molecule has 2 rings (SSSR count). The number of likely N-dealkylation sites (N-methyl/N-ethyl adjacent to an activating group) is 1. The second-order valence-corrected chi connectivity index (χ2v) is 5.73. The fourth-order valence-corrected chi connectivity index (χ4v) is 3.01. The molecule has 5 heteroatoms. The van der Waals surface area contributed by atoms with E-state index in [1.807, 2.05) is 16.3 Å². The van der Waals surface area contributed by atoms with Crippen molar-refractivity contribution in [2.45, 2.75) is 13.0 Å². The van der Waals surface area contributed by atoms with E-state index >= 15 is 0 Å². The van der Waals surface area contributed by atoms with Crippen LogP contribution in [0, 0.1) is 11.8 Å². The zero-order valence-electron chi connectivity index (χ0n) is 11.3. The standard InChI is InChI=1S/C14H19N3OS/c1-11-9-16(2)6-7-17(11)14(18)12-8-13(19-10-12)4-3-5-15/h8,10-11H,5-7,9,15H2,1-2H3. The Balaban J connectivity index is 2.09. The maximum atomic E-state index is 12.4. The van der Waals surface area contributed by atoms with Crippen molar-refractivity contribution >= 4 is 17.2 Å². The topological polar surface area (TPSA) is 49.6 Å². The lowest BCUT2D eigenvalue weighted by atomic mass is 10.1. The minimum absolute atomic E-state index is 0.109. The average Bonchev–Trinajstić information content (AvgIpc) is 2.84. The molecular weight excluding hydrogens is 258 g/mol. The highest BCUT2D eigenvalue weighted by molar-refractivity contribution is 7.10. The summed E-state index contributed by atoms with van der Waals surface area (Å²) in [6, 6.07) is 2.12. The van der Waals surface area contributed by atoms with Crippen molar-refractivity contribution < 1.29 is 4.79 Å². The van der Waals surface area contributed by atoms with E-state index in [1.54, 1.807) is 0 Å². The highest BCUT2D eigenvalue weighted by Crippen LogP contribution is 2.18. The molecule has 2 N–H and O–H groups in total. The Morgan fingerprint density at radius 3 is 3.05 bits per heavy atom. The molecule has 2 heterocycles. The van der Waals surface area contributed by atoms with Gasteiger partial charge in [0.2, 0.25) is 0 Å². The molecule has 1 amide bonds. The quantitative estimate of drug-likeness (QED) is 0.774. The van der Waals surface area contributed by atoms with Gasteiger partial charge in [-0.1, -0.05) is 11.8 Å². The molecule has 0 aromatic carbocycles. The molecule has 0 saturated carbocycles. The number of carbonyl (C=O) groups is 1. The first-order chi connectivity index (χ1) is 9.11. The molecule has 0 bridgehead atoms. The summed E-state index contributed by atoms with van der Waals surface area (Å²) in [6.07, 6.45) is 0. The first-order valence-corrected chi connectivity index (χ1v) is 7.26. The smallest absolute Gasteiger partial charge is 0.255 e. The van der Waals surface area contributed by atoms with E-state index in [1.165, 1.54) is 11.3 Å². The first-order valence-electron chi connectivity index (χ1n) is 6.39. The van der Waals surface area contributed by atoms with E-state index in [2.05, 4.69) is 30.7 Å². The van der Waals surface area contributed by atoms with Crippen molar-refractivity contribution in [3.05, 3.63) is 21.9 Å². The summed E-state index contributed by atoms with van der Waals surface area (Å²) < 4.78 is 0. The van der Waals surface area contributed by atoms with Crippen molar-refractivity contribution in [1.82, 2.24) is 9.80 Å². The molecule has 1 aromatic rings. The number of thiophene rings is 1. The summed E-state index contributed by atoms with van der Waals surface area (Å²) in [5, 5.41) is 1.88. The Morgan fingerprint density at radius 2 is 2.37 bits per heavy atom. The SMILES string of the molecule is CC1CN(C)CCN1C(=O)c1csc(C#CCN)c1. The van der Waals surface area contributed by atoms with Crippen LogP contribution < -0.4 is 5.73 Å². The molecular formula is C14H19N3OS. The fraction of sp³-hybridized carbons (Fsp3) is 0.500. The fourth-order valence-electron chi connectivity index (χ4n) is 2.26. The summed E-state index contributed by atoms with van der Waals surface area (Å²) >= 11 is 1.50. The maximum absolute atomic E-state index is 12.4. The number of hydrogen-bond acceptors (Lipinski definition) is 4. The van der Waals surface area contributed by atoms with Gasteiger partial charge in [0.25, 0.3) is 5.91 Å². The third-order valence-electron chi connectivity index (χ3n) is 3.25. The number of nitrogens with zero attached hydrogens (tertiary/aromatic N) is 2. The highest BCUT2D eigenvalue weighted by atomic mass is 32.1. The molecule has 1 atom stereocenters. The lowest BCUT2D eigenvalue weighted by molar-refractivity contribution is 0.0534. The van der Waals surface area contributed by atoms with Crippen molar-refractivity contribution in [2.75, 3.05) is 33.2 Å². The van der Waals surface area contributed by atoms with Crippen LogP contribution in [-0.4, -0.2) is 55.0 Å². The van der Waals surface area contributed by atoms with Crippen LogP contribution in [0.4, 0.5) is 0 Å². The van der Waals surface area contributed by atoms with Gasteiger partial charge in [-0.25, -0.2) is 0 Å². The van der Waals surface area contributed by atoms with Crippen molar-refractivity contribution in [3.63, 3.8) is 0 Å². The number of amides is 1. The molecule has 4 nitrogen and oxygen atoms in total. The average molecular weight is 277 g/mol. The van der Waals surface area contributed by atoms with Gasteiger partial charge in [-0.3, -0.25) is 4.79 Å². The Morgan fingerprint density at radius 1 is 1.58 bits per heavy atom. The maximum Gasteiger partial charge on any atom is 0.255 e. The summed E-state index contributed by atoms with van der Waals surface area (Å²) in [5.41, 5.74) is 6.08. The van der Waals surface area contributed by atoms with Gasteiger partial charge in [0, 0.05) is 31.1 Å². The largest absolute Gasteiger partial charge is 0.333 e. The highest BCUT2D eigenvalue weighted by Gasteiger charge is 2.26. The summed E-state index contributed by atoms with van der Waals surface area (Å²) in [7, 11) is 2.09. The number of carbonyl (C=O) groups excluding carboxylic acids is 1. The van der Waals surface area contributed by atoms with Crippen LogP contribution in [-0.2, 0) is 0 Å². The van der Waals surface area contributed by atoms with Gasteiger partial charge in [0.05, 0.1) is 17.0 Å². The minimum Gasteiger partial charge on any atom is -0.333 e. The number of hydrogen-bond donors (Lipinski definition) is 1. The molecule has 1 aliphatic rings. The second-order valence-electron chi connectivity index (χ2n) is 4.82. The predicted molar refractivity (Wildman–Crippen MR) is 78.2 cm³/mol. The second kappa shape index (κ2) is 6.20. The monoisotopic (exact) mass is 277 g/mol. The number of rotatable bonds is 1. The van der Waals surface area contributed by atoms with Crippen LogP contribution in [0.1, 0.15) is 22.2 Å².